The quantitative estimate of drug-likeness (QED) is 0.602. The van der Waals surface area contributed by atoms with Crippen molar-refractivity contribution in [1.29, 1.82) is 0 Å². The lowest BCUT2D eigenvalue weighted by molar-refractivity contribution is 0.280. The lowest BCUT2D eigenvalue weighted by Gasteiger charge is -2.17. The third kappa shape index (κ3) is 4.11. The Labute approximate surface area is 169 Å². The maximum absolute atomic E-state index is 9.37. The number of thiophene rings is 1. The molecule has 0 aliphatic rings. The summed E-state index contributed by atoms with van der Waals surface area (Å²) in [6, 6.07) is 5.39. The van der Waals surface area contributed by atoms with E-state index in [1.54, 1.807) is 30.6 Å². The van der Waals surface area contributed by atoms with E-state index >= 15 is 0 Å². The number of aliphatic hydroxyl groups excluding tert-OH is 1. The van der Waals surface area contributed by atoms with Crippen LogP contribution in [-0.2, 0) is 13.2 Å². The number of nitrogens with zero attached hydrogens (tertiary/aromatic N) is 3. The maximum atomic E-state index is 9.37. The van der Waals surface area contributed by atoms with Crippen molar-refractivity contribution in [2.75, 3.05) is 20.2 Å². The number of benzene rings is 1. The van der Waals surface area contributed by atoms with Gasteiger partial charge in [-0.15, -0.1) is 11.3 Å². The van der Waals surface area contributed by atoms with Gasteiger partial charge in [0.25, 0.3) is 0 Å². The molecule has 150 valence electrons. The van der Waals surface area contributed by atoms with Crippen molar-refractivity contribution < 1.29 is 14.6 Å². The topological polar surface area (TPSA) is 67.7 Å². The van der Waals surface area contributed by atoms with Crippen LogP contribution < -0.4 is 9.47 Å². The van der Waals surface area contributed by atoms with Crippen LogP contribution in [0.1, 0.15) is 35.7 Å². The summed E-state index contributed by atoms with van der Waals surface area (Å²) in [7, 11) is 1.59. The predicted molar refractivity (Wildman–Crippen MR) is 113 cm³/mol. The molecule has 1 N–H and O–H groups in total. The smallest absolute Gasteiger partial charge is 0.231 e. The number of fused-ring (bicyclic) bond motifs is 1. The Bertz CT molecular complexity index is 967. The summed E-state index contributed by atoms with van der Waals surface area (Å²) in [5.41, 5.74) is 1.90. The van der Waals surface area contributed by atoms with Gasteiger partial charge in [-0.05, 0) is 50.2 Å². The lowest BCUT2D eigenvalue weighted by atomic mass is 10.2. The van der Waals surface area contributed by atoms with E-state index in [2.05, 4.69) is 32.6 Å². The van der Waals surface area contributed by atoms with E-state index in [0.717, 1.165) is 40.3 Å². The van der Waals surface area contributed by atoms with Crippen molar-refractivity contribution in [3.63, 3.8) is 0 Å². The Morgan fingerprint density at radius 3 is 2.50 bits per heavy atom. The van der Waals surface area contributed by atoms with E-state index in [4.69, 9.17) is 19.4 Å². The van der Waals surface area contributed by atoms with Crippen LogP contribution in [0.5, 0.6) is 17.4 Å². The van der Waals surface area contributed by atoms with Crippen LogP contribution >= 0.6 is 11.3 Å². The highest BCUT2D eigenvalue weighted by molar-refractivity contribution is 7.18. The SMILES string of the molecule is CCN(CC)Cc1nc(Oc2ccc(CO)cc2OC)c2c(C)c(C)sc2n1. The van der Waals surface area contributed by atoms with Gasteiger partial charge in [0.15, 0.2) is 11.5 Å². The van der Waals surface area contributed by atoms with Gasteiger partial charge in [-0.1, -0.05) is 19.9 Å². The van der Waals surface area contributed by atoms with Crippen molar-refractivity contribution in [2.24, 2.45) is 0 Å². The molecule has 3 aromatic rings. The van der Waals surface area contributed by atoms with Gasteiger partial charge >= 0.3 is 0 Å². The second-order valence-corrected chi connectivity index (χ2v) is 7.82. The average molecular weight is 402 g/mol. The molecule has 1 aromatic carbocycles. The summed E-state index contributed by atoms with van der Waals surface area (Å²) in [5.74, 6) is 2.42. The molecule has 0 radical (unpaired) electrons. The maximum Gasteiger partial charge on any atom is 0.231 e. The summed E-state index contributed by atoms with van der Waals surface area (Å²) in [6.45, 7) is 10.9. The second kappa shape index (κ2) is 8.86. The molecule has 0 bridgehead atoms. The van der Waals surface area contributed by atoms with Crippen LogP contribution in [0.25, 0.3) is 10.2 Å². The molecule has 0 atom stereocenters. The number of methoxy groups -OCH3 is 1. The first-order valence-electron chi connectivity index (χ1n) is 9.45. The molecule has 0 saturated heterocycles. The number of aryl methyl sites for hydroxylation is 2. The summed E-state index contributed by atoms with van der Waals surface area (Å²) >= 11 is 1.66. The van der Waals surface area contributed by atoms with E-state index in [-0.39, 0.29) is 6.61 Å². The van der Waals surface area contributed by atoms with E-state index in [0.29, 0.717) is 23.9 Å². The number of hydrogen-bond acceptors (Lipinski definition) is 7. The fraction of sp³-hybridized carbons (Fsp3) is 0.429. The van der Waals surface area contributed by atoms with Crippen molar-refractivity contribution in [3.8, 4) is 17.4 Å². The summed E-state index contributed by atoms with van der Waals surface area (Å²) in [4.78, 5) is 14.0. The Morgan fingerprint density at radius 1 is 1.11 bits per heavy atom. The second-order valence-electron chi connectivity index (χ2n) is 6.62. The van der Waals surface area contributed by atoms with Crippen molar-refractivity contribution in [3.05, 3.63) is 40.0 Å². The summed E-state index contributed by atoms with van der Waals surface area (Å²) < 4.78 is 11.7. The lowest BCUT2D eigenvalue weighted by Crippen LogP contribution is -2.23. The van der Waals surface area contributed by atoms with Crippen LogP contribution in [0, 0.1) is 13.8 Å². The number of rotatable bonds is 8. The molecular formula is C21H27N3O3S. The van der Waals surface area contributed by atoms with Gasteiger partial charge in [-0.25, -0.2) is 4.98 Å². The van der Waals surface area contributed by atoms with Gasteiger partial charge in [0.2, 0.25) is 5.88 Å². The van der Waals surface area contributed by atoms with Crippen LogP contribution in [0.2, 0.25) is 0 Å². The minimum atomic E-state index is -0.0504. The third-order valence-electron chi connectivity index (χ3n) is 4.92. The van der Waals surface area contributed by atoms with E-state index in [1.807, 2.05) is 6.07 Å². The van der Waals surface area contributed by atoms with E-state index in [9.17, 15) is 5.11 Å². The highest BCUT2D eigenvalue weighted by Gasteiger charge is 2.18. The van der Waals surface area contributed by atoms with E-state index < -0.39 is 0 Å². The number of aromatic nitrogens is 2. The molecule has 0 spiro atoms. The zero-order chi connectivity index (χ0) is 20.3. The van der Waals surface area contributed by atoms with Gasteiger partial charge in [0.05, 0.1) is 25.6 Å². The molecule has 3 rings (SSSR count). The van der Waals surface area contributed by atoms with Gasteiger partial charge < -0.3 is 14.6 Å². The first kappa shape index (κ1) is 20.5. The van der Waals surface area contributed by atoms with E-state index in [1.165, 1.54) is 4.88 Å². The zero-order valence-corrected chi connectivity index (χ0v) is 17.9. The Morgan fingerprint density at radius 2 is 1.86 bits per heavy atom. The molecule has 0 amide bonds. The molecule has 6 nitrogen and oxygen atoms in total. The van der Waals surface area contributed by atoms with Gasteiger partial charge in [-0.2, -0.15) is 4.98 Å². The molecule has 0 aliphatic heterocycles. The van der Waals surface area contributed by atoms with Crippen LogP contribution in [0.3, 0.4) is 0 Å². The Balaban J connectivity index is 2.08. The number of hydrogen-bond donors (Lipinski definition) is 1. The van der Waals surface area contributed by atoms with Crippen molar-refractivity contribution in [1.82, 2.24) is 14.9 Å². The predicted octanol–water partition coefficient (Wildman–Crippen LogP) is 4.44. The highest BCUT2D eigenvalue weighted by Crippen LogP contribution is 2.39. The Kier molecular flexibility index (Phi) is 6.49. The van der Waals surface area contributed by atoms with Crippen LogP contribution in [0.15, 0.2) is 18.2 Å². The molecule has 2 aromatic heterocycles. The molecule has 0 aliphatic carbocycles. The molecule has 0 unspecified atom stereocenters. The molecule has 2 heterocycles. The molecule has 7 heteroatoms. The fourth-order valence-electron chi connectivity index (χ4n) is 3.05. The average Bonchev–Trinajstić information content (AvgIpc) is 3.00. The number of ether oxygens (including phenoxy) is 2. The first-order chi connectivity index (χ1) is 13.5. The third-order valence-corrected chi connectivity index (χ3v) is 6.02. The standard InChI is InChI=1S/C21H27N3O3S/c1-6-24(7-2)11-18-22-20(19-13(3)14(4)28-21(19)23-18)27-16-9-8-15(12-25)10-17(16)26-5/h8-10,25H,6-7,11-12H2,1-5H3. The molecule has 0 fully saturated rings. The largest absolute Gasteiger partial charge is 0.493 e. The van der Waals surface area contributed by atoms with Crippen LogP contribution in [-0.4, -0.2) is 40.2 Å². The molecule has 0 saturated carbocycles. The minimum absolute atomic E-state index is 0.0504. The fourth-order valence-corrected chi connectivity index (χ4v) is 4.08. The number of aliphatic hydroxyl groups is 1. The molecular weight excluding hydrogens is 374 g/mol. The van der Waals surface area contributed by atoms with Crippen molar-refractivity contribution in [2.45, 2.75) is 40.8 Å². The summed E-state index contributed by atoms with van der Waals surface area (Å²) in [6.07, 6.45) is 0. The van der Waals surface area contributed by atoms with Gasteiger partial charge in [0.1, 0.15) is 10.7 Å². The monoisotopic (exact) mass is 401 g/mol. The first-order valence-corrected chi connectivity index (χ1v) is 10.3. The summed E-state index contributed by atoms with van der Waals surface area (Å²) in [5, 5.41) is 10.3. The Hall–Kier alpha value is -2.22. The van der Waals surface area contributed by atoms with Crippen molar-refractivity contribution >= 4 is 21.6 Å². The highest BCUT2D eigenvalue weighted by atomic mass is 32.1. The normalized spacial score (nSPS) is 11.4. The van der Waals surface area contributed by atoms with Gasteiger partial charge in [0, 0.05) is 4.88 Å². The van der Waals surface area contributed by atoms with Crippen LogP contribution in [0.4, 0.5) is 0 Å². The van der Waals surface area contributed by atoms with Gasteiger partial charge in [-0.3, -0.25) is 4.90 Å². The molecule has 28 heavy (non-hydrogen) atoms. The zero-order valence-electron chi connectivity index (χ0n) is 17.1. The minimum Gasteiger partial charge on any atom is -0.493 e.